The average Bonchev–Trinajstić information content (AvgIpc) is 3.01. The summed E-state index contributed by atoms with van der Waals surface area (Å²) in [7, 11) is 0. The van der Waals surface area contributed by atoms with Crippen LogP contribution in [-0.4, -0.2) is 26.0 Å². The number of hydrogen-bond donors (Lipinski definition) is 2. The Balaban J connectivity index is 1.87. The van der Waals surface area contributed by atoms with Crippen LogP contribution in [0.1, 0.15) is 18.5 Å². The summed E-state index contributed by atoms with van der Waals surface area (Å²) < 4.78 is 6.50. The van der Waals surface area contributed by atoms with Crippen molar-refractivity contribution in [2.75, 3.05) is 5.84 Å². The Kier molecular flexibility index (Phi) is 4.10. The van der Waals surface area contributed by atoms with Gasteiger partial charge in [0.2, 0.25) is 11.1 Å². The number of thioether (sulfide) groups is 1. The zero-order valence-electron chi connectivity index (χ0n) is 10.7. The highest BCUT2D eigenvalue weighted by Crippen LogP contribution is 2.20. The molecule has 0 spiro atoms. The molecule has 0 saturated carbocycles. The van der Waals surface area contributed by atoms with Gasteiger partial charge in [-0.25, -0.2) is 4.68 Å². The van der Waals surface area contributed by atoms with E-state index in [0.717, 1.165) is 0 Å². The van der Waals surface area contributed by atoms with Gasteiger partial charge in [-0.1, -0.05) is 11.8 Å². The Bertz CT molecular complexity index is 551. The number of nitrogen functional groups attached to an aromatic ring is 1. The van der Waals surface area contributed by atoms with Crippen molar-refractivity contribution in [2.45, 2.75) is 30.8 Å². The molecule has 2 heterocycles. The highest BCUT2D eigenvalue weighted by molar-refractivity contribution is 8.00. The molecular weight excluding hydrogens is 266 g/mol. The van der Waals surface area contributed by atoms with Gasteiger partial charge < -0.3 is 15.6 Å². The molecule has 0 aliphatic carbocycles. The van der Waals surface area contributed by atoms with Crippen LogP contribution in [0.3, 0.4) is 0 Å². The van der Waals surface area contributed by atoms with E-state index in [4.69, 9.17) is 10.3 Å². The first-order valence-corrected chi connectivity index (χ1v) is 6.59. The topological polar surface area (TPSA) is 99.0 Å². The largest absolute Gasteiger partial charge is 0.467 e. The molecule has 19 heavy (non-hydrogen) atoms. The maximum atomic E-state index is 11.9. The first-order valence-electron chi connectivity index (χ1n) is 5.71. The number of nitrogens with one attached hydrogen (secondary N) is 1. The number of furan rings is 1. The van der Waals surface area contributed by atoms with Crippen molar-refractivity contribution in [3.63, 3.8) is 0 Å². The number of carbonyl (C=O) groups is 1. The molecule has 0 bridgehead atoms. The van der Waals surface area contributed by atoms with Crippen LogP contribution in [0.2, 0.25) is 0 Å². The minimum absolute atomic E-state index is 0.109. The van der Waals surface area contributed by atoms with E-state index in [1.165, 1.54) is 16.4 Å². The summed E-state index contributed by atoms with van der Waals surface area (Å²) in [6, 6.07) is 3.58. The molecule has 3 N–H and O–H groups in total. The average molecular weight is 281 g/mol. The summed E-state index contributed by atoms with van der Waals surface area (Å²) in [5.74, 6) is 6.93. The molecule has 0 aliphatic heterocycles. The Hall–Kier alpha value is -1.96. The first-order chi connectivity index (χ1) is 9.08. The monoisotopic (exact) mass is 281 g/mol. The Labute approximate surface area is 114 Å². The molecule has 8 heteroatoms. The van der Waals surface area contributed by atoms with Crippen LogP contribution in [0.4, 0.5) is 0 Å². The van der Waals surface area contributed by atoms with E-state index in [1.807, 2.05) is 0 Å². The third-order valence-corrected chi connectivity index (χ3v) is 3.56. The van der Waals surface area contributed by atoms with E-state index in [-0.39, 0.29) is 11.2 Å². The Morgan fingerprint density at radius 3 is 3.00 bits per heavy atom. The third kappa shape index (κ3) is 3.28. The second-order valence-corrected chi connectivity index (χ2v) is 5.26. The summed E-state index contributed by atoms with van der Waals surface area (Å²) in [4.78, 5) is 11.9. The van der Waals surface area contributed by atoms with Gasteiger partial charge in [-0.3, -0.25) is 4.79 Å². The molecule has 2 aromatic heterocycles. The van der Waals surface area contributed by atoms with E-state index < -0.39 is 0 Å². The molecule has 7 nitrogen and oxygen atoms in total. The standard InChI is InChI=1S/C11H15N5O2S/c1-7(19-11-15-14-8(2)16(11)12)10(17)13-6-9-4-3-5-18-9/h3-5,7H,6,12H2,1-2H3,(H,13,17)/t7-/m1/s1. The summed E-state index contributed by atoms with van der Waals surface area (Å²) in [5, 5.41) is 10.7. The van der Waals surface area contributed by atoms with Crippen LogP contribution >= 0.6 is 11.8 Å². The van der Waals surface area contributed by atoms with Crippen molar-refractivity contribution in [3.8, 4) is 0 Å². The van der Waals surface area contributed by atoms with Crippen molar-refractivity contribution >= 4 is 17.7 Å². The molecule has 0 unspecified atom stereocenters. The summed E-state index contributed by atoms with van der Waals surface area (Å²) in [6.45, 7) is 3.90. The Morgan fingerprint density at radius 1 is 1.63 bits per heavy atom. The molecule has 0 radical (unpaired) electrons. The predicted octanol–water partition coefficient (Wildman–Crippen LogP) is 0.690. The quantitative estimate of drug-likeness (QED) is 0.618. The van der Waals surface area contributed by atoms with Crippen LogP contribution in [-0.2, 0) is 11.3 Å². The highest BCUT2D eigenvalue weighted by atomic mass is 32.2. The first kappa shape index (κ1) is 13.5. The van der Waals surface area contributed by atoms with E-state index in [0.29, 0.717) is 23.3 Å². The zero-order valence-corrected chi connectivity index (χ0v) is 11.5. The van der Waals surface area contributed by atoms with Gasteiger partial charge in [-0.15, -0.1) is 10.2 Å². The van der Waals surface area contributed by atoms with Crippen molar-refractivity contribution in [1.29, 1.82) is 0 Å². The van der Waals surface area contributed by atoms with Crippen molar-refractivity contribution in [2.24, 2.45) is 0 Å². The van der Waals surface area contributed by atoms with Gasteiger partial charge in [0.1, 0.15) is 11.6 Å². The molecule has 0 saturated heterocycles. The number of rotatable bonds is 5. The fraction of sp³-hybridized carbons (Fsp3) is 0.364. The predicted molar refractivity (Wildman–Crippen MR) is 70.8 cm³/mol. The van der Waals surface area contributed by atoms with Crippen molar-refractivity contribution in [1.82, 2.24) is 20.2 Å². The second-order valence-electron chi connectivity index (χ2n) is 3.96. The van der Waals surface area contributed by atoms with Gasteiger partial charge in [0.15, 0.2) is 0 Å². The number of aromatic nitrogens is 3. The molecule has 0 aromatic carbocycles. The van der Waals surface area contributed by atoms with Gasteiger partial charge in [-0.05, 0) is 26.0 Å². The van der Waals surface area contributed by atoms with Crippen LogP contribution < -0.4 is 11.2 Å². The molecule has 0 fully saturated rings. The van der Waals surface area contributed by atoms with Crippen LogP contribution in [0.5, 0.6) is 0 Å². The molecular formula is C11H15N5O2S. The molecule has 102 valence electrons. The van der Waals surface area contributed by atoms with Crippen LogP contribution in [0.15, 0.2) is 28.0 Å². The van der Waals surface area contributed by atoms with E-state index >= 15 is 0 Å². The lowest BCUT2D eigenvalue weighted by Crippen LogP contribution is -2.30. The minimum Gasteiger partial charge on any atom is -0.467 e. The third-order valence-electron chi connectivity index (χ3n) is 2.50. The van der Waals surface area contributed by atoms with Gasteiger partial charge in [0.05, 0.1) is 18.1 Å². The molecule has 1 amide bonds. The number of hydrogen-bond acceptors (Lipinski definition) is 6. The smallest absolute Gasteiger partial charge is 0.233 e. The summed E-state index contributed by atoms with van der Waals surface area (Å²) in [6.07, 6.45) is 1.57. The Morgan fingerprint density at radius 2 is 2.42 bits per heavy atom. The zero-order chi connectivity index (χ0) is 13.8. The lowest BCUT2D eigenvalue weighted by molar-refractivity contribution is -0.120. The number of amides is 1. The maximum Gasteiger partial charge on any atom is 0.233 e. The molecule has 0 aliphatic rings. The number of nitrogens with zero attached hydrogens (tertiary/aromatic N) is 3. The number of nitrogens with two attached hydrogens (primary N) is 1. The minimum atomic E-state index is -0.319. The van der Waals surface area contributed by atoms with Crippen molar-refractivity contribution in [3.05, 3.63) is 30.0 Å². The lowest BCUT2D eigenvalue weighted by Gasteiger charge is -2.10. The van der Waals surface area contributed by atoms with Crippen LogP contribution in [0.25, 0.3) is 0 Å². The lowest BCUT2D eigenvalue weighted by atomic mass is 10.4. The summed E-state index contributed by atoms with van der Waals surface area (Å²) in [5.41, 5.74) is 0. The highest BCUT2D eigenvalue weighted by Gasteiger charge is 2.18. The van der Waals surface area contributed by atoms with Crippen LogP contribution in [0, 0.1) is 6.92 Å². The van der Waals surface area contributed by atoms with Crippen molar-refractivity contribution < 1.29 is 9.21 Å². The molecule has 2 rings (SSSR count). The number of carbonyl (C=O) groups excluding carboxylic acids is 1. The summed E-state index contributed by atoms with van der Waals surface area (Å²) >= 11 is 1.26. The van der Waals surface area contributed by atoms with Gasteiger partial charge in [0.25, 0.3) is 0 Å². The number of aryl methyl sites for hydroxylation is 1. The van der Waals surface area contributed by atoms with Gasteiger partial charge >= 0.3 is 0 Å². The van der Waals surface area contributed by atoms with Gasteiger partial charge in [-0.2, -0.15) is 0 Å². The van der Waals surface area contributed by atoms with E-state index in [9.17, 15) is 4.79 Å². The van der Waals surface area contributed by atoms with E-state index in [2.05, 4.69) is 15.5 Å². The SMILES string of the molecule is Cc1nnc(S[C@H](C)C(=O)NCc2ccco2)n1N. The maximum absolute atomic E-state index is 11.9. The second kappa shape index (κ2) is 5.79. The van der Waals surface area contributed by atoms with E-state index in [1.54, 1.807) is 32.2 Å². The normalized spacial score (nSPS) is 12.3. The fourth-order valence-corrected chi connectivity index (χ4v) is 2.21. The fourth-order valence-electron chi connectivity index (χ4n) is 1.37. The molecule has 2 aromatic rings. The van der Waals surface area contributed by atoms with Gasteiger partial charge in [0, 0.05) is 0 Å². The molecule has 1 atom stereocenters.